The molecule has 3 rings (SSSR count). The summed E-state index contributed by atoms with van der Waals surface area (Å²) in [6, 6.07) is 16.1. The second-order valence-electron chi connectivity index (χ2n) is 4.75. The Bertz CT molecular complexity index is 756. The summed E-state index contributed by atoms with van der Waals surface area (Å²) in [4.78, 5) is 5.69. The molecule has 2 nitrogen and oxygen atoms in total. The van der Waals surface area contributed by atoms with E-state index in [0.717, 1.165) is 21.9 Å². The van der Waals surface area contributed by atoms with Crippen LogP contribution < -0.4 is 5.73 Å². The molecule has 0 aliphatic carbocycles. The molecular formula is C17H15ClN2S. The molecule has 0 atom stereocenters. The Hall–Kier alpha value is -1.55. The van der Waals surface area contributed by atoms with E-state index in [0.29, 0.717) is 6.54 Å². The smallest absolute Gasteiger partial charge is 0.0713 e. The van der Waals surface area contributed by atoms with Gasteiger partial charge in [-0.2, -0.15) is 0 Å². The zero-order valence-corrected chi connectivity index (χ0v) is 13.0. The molecule has 0 saturated carbocycles. The summed E-state index contributed by atoms with van der Waals surface area (Å²) >= 11 is 7.72. The molecule has 0 amide bonds. The molecule has 0 aliphatic rings. The molecule has 0 spiro atoms. The maximum Gasteiger partial charge on any atom is 0.0713 e. The van der Waals surface area contributed by atoms with E-state index in [-0.39, 0.29) is 0 Å². The first kappa shape index (κ1) is 14.4. The van der Waals surface area contributed by atoms with Gasteiger partial charge in [-0.1, -0.05) is 41.9 Å². The second-order valence-corrected chi connectivity index (χ2v) is 6.17. The average molecular weight is 315 g/mol. The maximum absolute atomic E-state index is 5.92. The lowest BCUT2D eigenvalue weighted by Gasteiger charge is -2.11. The van der Waals surface area contributed by atoms with Crippen LogP contribution in [-0.2, 0) is 12.3 Å². The number of benzene rings is 2. The van der Waals surface area contributed by atoms with Gasteiger partial charge in [0, 0.05) is 33.8 Å². The highest BCUT2D eigenvalue weighted by molar-refractivity contribution is 7.98. The Morgan fingerprint density at radius 2 is 1.81 bits per heavy atom. The second kappa shape index (κ2) is 6.48. The Morgan fingerprint density at radius 3 is 2.57 bits per heavy atom. The Labute approximate surface area is 133 Å². The van der Waals surface area contributed by atoms with Gasteiger partial charge in [0.25, 0.3) is 0 Å². The molecule has 1 aromatic heterocycles. The van der Waals surface area contributed by atoms with E-state index >= 15 is 0 Å². The largest absolute Gasteiger partial charge is 0.326 e. The summed E-state index contributed by atoms with van der Waals surface area (Å²) in [6.07, 6.45) is 1.88. The molecule has 2 N–H and O–H groups in total. The highest BCUT2D eigenvalue weighted by Crippen LogP contribution is 2.32. The first-order valence-corrected chi connectivity index (χ1v) is 8.08. The third kappa shape index (κ3) is 3.21. The van der Waals surface area contributed by atoms with Crippen LogP contribution in [0.15, 0.2) is 59.6 Å². The molecular weight excluding hydrogens is 300 g/mol. The number of rotatable bonds is 4. The third-order valence-electron chi connectivity index (χ3n) is 3.32. The molecule has 0 unspecified atom stereocenters. The molecule has 1 heterocycles. The highest BCUT2D eigenvalue weighted by Gasteiger charge is 2.08. The number of thioether (sulfide) groups is 1. The number of halogens is 1. The number of fused-ring (bicyclic) bond motifs is 1. The maximum atomic E-state index is 5.92. The topological polar surface area (TPSA) is 38.9 Å². The fraction of sp³-hybridized carbons (Fsp3) is 0.118. The van der Waals surface area contributed by atoms with Crippen molar-refractivity contribution in [3.05, 3.63) is 70.9 Å². The number of hydrogen-bond donors (Lipinski definition) is 1. The number of para-hydroxylation sites is 1. The standard InChI is InChI=1S/C17H15ClN2S/c18-14-7-5-12(6-8-14)11-21-17-13(9-19)10-20-16-4-2-1-3-15(16)17/h1-8,10H,9,11,19H2. The van der Waals surface area contributed by atoms with Crippen LogP contribution in [0.2, 0.25) is 5.02 Å². The van der Waals surface area contributed by atoms with Gasteiger partial charge in [0.1, 0.15) is 0 Å². The van der Waals surface area contributed by atoms with Gasteiger partial charge in [-0.25, -0.2) is 0 Å². The van der Waals surface area contributed by atoms with Crippen molar-refractivity contribution in [1.29, 1.82) is 0 Å². The van der Waals surface area contributed by atoms with E-state index in [9.17, 15) is 0 Å². The monoisotopic (exact) mass is 314 g/mol. The fourth-order valence-electron chi connectivity index (χ4n) is 2.21. The number of pyridine rings is 1. The van der Waals surface area contributed by atoms with Crippen molar-refractivity contribution in [3.8, 4) is 0 Å². The van der Waals surface area contributed by atoms with Gasteiger partial charge < -0.3 is 5.73 Å². The zero-order chi connectivity index (χ0) is 14.7. The minimum absolute atomic E-state index is 0.501. The lowest BCUT2D eigenvalue weighted by molar-refractivity contribution is 1.02. The van der Waals surface area contributed by atoms with E-state index < -0.39 is 0 Å². The molecule has 3 aromatic rings. The van der Waals surface area contributed by atoms with Gasteiger partial charge in [-0.05, 0) is 29.3 Å². The van der Waals surface area contributed by atoms with Crippen LogP contribution >= 0.6 is 23.4 Å². The molecule has 0 radical (unpaired) electrons. The van der Waals surface area contributed by atoms with Crippen LogP contribution in [0.3, 0.4) is 0 Å². The Balaban J connectivity index is 1.93. The summed E-state index contributed by atoms with van der Waals surface area (Å²) in [7, 11) is 0. The third-order valence-corrected chi connectivity index (χ3v) is 4.82. The minimum atomic E-state index is 0.501. The van der Waals surface area contributed by atoms with Gasteiger partial charge in [-0.15, -0.1) is 11.8 Å². The molecule has 106 valence electrons. The van der Waals surface area contributed by atoms with Crippen LogP contribution in [0.5, 0.6) is 0 Å². The van der Waals surface area contributed by atoms with Crippen LogP contribution in [-0.4, -0.2) is 4.98 Å². The molecule has 0 bridgehead atoms. The first-order valence-electron chi connectivity index (χ1n) is 6.72. The van der Waals surface area contributed by atoms with Gasteiger partial charge >= 0.3 is 0 Å². The number of aromatic nitrogens is 1. The summed E-state index contributed by atoms with van der Waals surface area (Å²) in [5.74, 6) is 0.887. The van der Waals surface area contributed by atoms with Crippen molar-refractivity contribution in [1.82, 2.24) is 4.98 Å². The van der Waals surface area contributed by atoms with Crippen LogP contribution in [0.4, 0.5) is 0 Å². The van der Waals surface area contributed by atoms with Crippen LogP contribution in [0.1, 0.15) is 11.1 Å². The van der Waals surface area contributed by atoms with Crippen molar-refractivity contribution in [3.63, 3.8) is 0 Å². The van der Waals surface area contributed by atoms with Crippen molar-refractivity contribution in [2.45, 2.75) is 17.2 Å². The van der Waals surface area contributed by atoms with Crippen molar-refractivity contribution < 1.29 is 0 Å². The lowest BCUT2D eigenvalue weighted by Crippen LogP contribution is -2.00. The zero-order valence-electron chi connectivity index (χ0n) is 11.4. The highest BCUT2D eigenvalue weighted by atomic mass is 35.5. The molecule has 0 fully saturated rings. The summed E-state index contributed by atoms with van der Waals surface area (Å²) in [5, 5.41) is 1.93. The van der Waals surface area contributed by atoms with Crippen molar-refractivity contribution >= 4 is 34.3 Å². The molecule has 2 aromatic carbocycles. The van der Waals surface area contributed by atoms with Crippen LogP contribution in [0, 0.1) is 0 Å². The summed E-state index contributed by atoms with van der Waals surface area (Å²) in [6.45, 7) is 0.501. The lowest BCUT2D eigenvalue weighted by atomic mass is 10.1. The van der Waals surface area contributed by atoms with E-state index in [1.165, 1.54) is 15.8 Å². The predicted molar refractivity (Wildman–Crippen MR) is 90.6 cm³/mol. The predicted octanol–water partition coefficient (Wildman–Crippen LogP) is 4.64. The van der Waals surface area contributed by atoms with E-state index in [4.69, 9.17) is 17.3 Å². The minimum Gasteiger partial charge on any atom is -0.326 e. The normalized spacial score (nSPS) is 11.0. The van der Waals surface area contributed by atoms with Crippen molar-refractivity contribution in [2.24, 2.45) is 5.73 Å². The van der Waals surface area contributed by atoms with E-state index in [1.54, 1.807) is 11.8 Å². The Kier molecular flexibility index (Phi) is 4.44. The number of hydrogen-bond acceptors (Lipinski definition) is 3. The summed E-state index contributed by atoms with van der Waals surface area (Å²) < 4.78 is 0. The van der Waals surface area contributed by atoms with Gasteiger partial charge in [0.15, 0.2) is 0 Å². The quantitative estimate of drug-likeness (QED) is 0.713. The SMILES string of the molecule is NCc1cnc2ccccc2c1SCc1ccc(Cl)cc1. The molecule has 0 saturated heterocycles. The molecule has 4 heteroatoms. The number of nitrogens with two attached hydrogens (primary N) is 1. The van der Waals surface area contributed by atoms with Crippen molar-refractivity contribution in [2.75, 3.05) is 0 Å². The van der Waals surface area contributed by atoms with Gasteiger partial charge in [-0.3, -0.25) is 4.98 Å². The van der Waals surface area contributed by atoms with Gasteiger partial charge in [0.05, 0.1) is 5.52 Å². The molecule has 21 heavy (non-hydrogen) atoms. The number of nitrogens with zero attached hydrogens (tertiary/aromatic N) is 1. The molecule has 0 aliphatic heterocycles. The van der Waals surface area contributed by atoms with E-state index in [1.807, 2.05) is 36.5 Å². The summed E-state index contributed by atoms with van der Waals surface area (Å²) in [5.41, 5.74) is 9.20. The van der Waals surface area contributed by atoms with Crippen LogP contribution in [0.25, 0.3) is 10.9 Å². The Morgan fingerprint density at radius 1 is 1.05 bits per heavy atom. The first-order chi connectivity index (χ1) is 10.3. The van der Waals surface area contributed by atoms with Gasteiger partial charge in [0.2, 0.25) is 0 Å². The van der Waals surface area contributed by atoms with E-state index in [2.05, 4.69) is 23.2 Å². The fourth-order valence-corrected chi connectivity index (χ4v) is 3.49. The average Bonchev–Trinajstić information content (AvgIpc) is 2.54.